The molecule has 0 fully saturated rings. The first-order chi connectivity index (χ1) is 12.6. The van der Waals surface area contributed by atoms with Gasteiger partial charge in [-0.25, -0.2) is 4.99 Å². The Bertz CT molecular complexity index is 1200. The van der Waals surface area contributed by atoms with E-state index in [0.717, 1.165) is 10.8 Å². The Hall–Kier alpha value is -2.83. The molecule has 0 spiro atoms. The van der Waals surface area contributed by atoms with E-state index in [1.807, 2.05) is 48.5 Å². The molecule has 1 aliphatic heterocycles. The molecule has 0 radical (unpaired) electrons. The number of rotatable bonds is 3. The van der Waals surface area contributed by atoms with Gasteiger partial charge in [-0.15, -0.1) is 11.3 Å². The summed E-state index contributed by atoms with van der Waals surface area (Å²) < 4.78 is 2.22. The average molecular weight is 378 g/mol. The summed E-state index contributed by atoms with van der Waals surface area (Å²) in [4.78, 5) is 16.9. The van der Waals surface area contributed by atoms with Gasteiger partial charge in [-0.1, -0.05) is 48.5 Å². The molecule has 0 aliphatic carbocycles. The Morgan fingerprint density at radius 1 is 1.12 bits per heavy atom. The Morgan fingerprint density at radius 3 is 2.65 bits per heavy atom. The van der Waals surface area contributed by atoms with Crippen LogP contribution < -0.4 is 10.6 Å². The third kappa shape index (κ3) is 3.16. The Morgan fingerprint density at radius 2 is 1.85 bits per heavy atom. The average Bonchev–Trinajstić information content (AvgIpc) is 2.91. The molecule has 0 bridgehead atoms. The third-order valence-electron chi connectivity index (χ3n) is 4.08. The van der Waals surface area contributed by atoms with Crippen LogP contribution in [0, 0.1) is 3.95 Å². The van der Waals surface area contributed by atoms with Crippen molar-refractivity contribution < 1.29 is 9.90 Å². The highest BCUT2D eigenvalue weighted by molar-refractivity contribution is 7.73. The normalized spacial score (nSPS) is 14.6. The second kappa shape index (κ2) is 6.82. The van der Waals surface area contributed by atoms with Gasteiger partial charge in [-0.05, 0) is 36.0 Å². The van der Waals surface area contributed by atoms with Crippen molar-refractivity contribution in [2.75, 3.05) is 0 Å². The molecule has 0 atom stereocenters. The van der Waals surface area contributed by atoms with Gasteiger partial charge in [0.1, 0.15) is 0 Å². The molecule has 4 rings (SSSR count). The number of carbonyl (C=O) groups is 1. The molecular weight excluding hydrogens is 364 g/mol. The molecule has 1 aromatic heterocycles. The van der Waals surface area contributed by atoms with Crippen molar-refractivity contribution >= 4 is 41.6 Å². The number of hydrogen-bond donors (Lipinski definition) is 1. The molecule has 1 N–H and O–H groups in total. The van der Waals surface area contributed by atoms with E-state index in [1.165, 1.54) is 11.3 Å². The molecule has 3 aromatic rings. The van der Waals surface area contributed by atoms with Crippen molar-refractivity contribution in [2.24, 2.45) is 4.99 Å². The van der Waals surface area contributed by atoms with E-state index in [2.05, 4.69) is 4.99 Å². The quantitative estimate of drug-likeness (QED) is 0.563. The summed E-state index contributed by atoms with van der Waals surface area (Å²) in [5, 5.41) is 12.1. The molecule has 26 heavy (non-hydrogen) atoms. The third-order valence-corrected chi connectivity index (χ3v) is 5.47. The van der Waals surface area contributed by atoms with Gasteiger partial charge >= 0.3 is 0 Å². The summed E-state index contributed by atoms with van der Waals surface area (Å²) >= 11 is 6.67. The van der Waals surface area contributed by atoms with Crippen molar-refractivity contribution in [2.45, 2.75) is 6.54 Å². The predicted molar refractivity (Wildman–Crippen MR) is 105 cm³/mol. The maximum atomic E-state index is 12.3. The van der Waals surface area contributed by atoms with E-state index in [1.54, 1.807) is 22.8 Å². The molecule has 0 unspecified atom stereocenters. The first-order valence-electron chi connectivity index (χ1n) is 8.00. The summed E-state index contributed by atoms with van der Waals surface area (Å²) in [6.07, 6.45) is 3.44. The summed E-state index contributed by atoms with van der Waals surface area (Å²) in [5.74, 6) is -0.256. The minimum Gasteiger partial charge on any atom is -0.493 e. The monoisotopic (exact) mass is 378 g/mol. The number of fused-ring (bicyclic) bond motifs is 1. The Kier molecular flexibility index (Phi) is 4.36. The van der Waals surface area contributed by atoms with Crippen LogP contribution >= 0.6 is 23.6 Å². The minimum atomic E-state index is -0.322. The van der Waals surface area contributed by atoms with Crippen molar-refractivity contribution in [3.8, 4) is 5.88 Å². The fourth-order valence-electron chi connectivity index (χ4n) is 2.77. The minimum absolute atomic E-state index is 0.0661. The van der Waals surface area contributed by atoms with E-state index >= 15 is 0 Å². The van der Waals surface area contributed by atoms with Gasteiger partial charge in [0.25, 0.3) is 5.91 Å². The zero-order chi connectivity index (χ0) is 18.1. The lowest BCUT2D eigenvalue weighted by molar-refractivity contribution is -0.114. The van der Waals surface area contributed by atoms with Crippen molar-refractivity contribution in [3.63, 3.8) is 0 Å². The molecule has 0 saturated heterocycles. The smallest absolute Gasteiger partial charge is 0.277 e. The Labute approximate surface area is 158 Å². The van der Waals surface area contributed by atoms with Gasteiger partial charge in [0, 0.05) is 10.8 Å². The number of benzene rings is 2. The van der Waals surface area contributed by atoms with E-state index in [-0.39, 0.29) is 11.8 Å². The van der Waals surface area contributed by atoms with Crippen molar-refractivity contribution in [3.05, 3.63) is 85.1 Å². The van der Waals surface area contributed by atoms with Crippen LogP contribution in [0.25, 0.3) is 12.2 Å². The van der Waals surface area contributed by atoms with Gasteiger partial charge in [0.2, 0.25) is 5.88 Å². The number of para-hydroxylation sites is 1. The van der Waals surface area contributed by atoms with E-state index in [0.29, 0.717) is 26.3 Å². The number of aromatic nitrogens is 1. The van der Waals surface area contributed by atoms with Crippen LogP contribution in [0.2, 0.25) is 0 Å². The van der Waals surface area contributed by atoms with Crippen LogP contribution in [0.5, 0.6) is 5.88 Å². The maximum absolute atomic E-state index is 12.3. The van der Waals surface area contributed by atoms with Gasteiger partial charge in [0.15, 0.2) is 3.95 Å². The summed E-state index contributed by atoms with van der Waals surface area (Å²) in [6.45, 7) is 0.482. The number of aromatic hydroxyl groups is 1. The zero-order valence-electron chi connectivity index (χ0n) is 13.6. The molecular formula is C20H14N2O2S2. The molecule has 1 aliphatic rings. The summed E-state index contributed by atoms with van der Waals surface area (Å²) in [7, 11) is 0. The van der Waals surface area contributed by atoms with Gasteiger partial charge < -0.3 is 5.11 Å². The van der Waals surface area contributed by atoms with Crippen LogP contribution in [-0.4, -0.2) is 15.6 Å². The molecule has 6 heteroatoms. The SMILES string of the molecule is O=C1N=c2ccccc2=CC1=Cc1sc(=S)n(Cc2ccccc2)c1O. The number of nitrogens with zero attached hydrogens (tertiary/aromatic N) is 2. The highest BCUT2D eigenvalue weighted by atomic mass is 32.1. The van der Waals surface area contributed by atoms with Gasteiger partial charge in [-0.2, -0.15) is 0 Å². The maximum Gasteiger partial charge on any atom is 0.277 e. The van der Waals surface area contributed by atoms with Crippen LogP contribution in [0.15, 0.2) is 65.2 Å². The molecule has 2 heterocycles. The van der Waals surface area contributed by atoms with E-state index in [4.69, 9.17) is 12.2 Å². The van der Waals surface area contributed by atoms with Crippen LogP contribution in [0.1, 0.15) is 10.4 Å². The molecule has 4 nitrogen and oxygen atoms in total. The lowest BCUT2D eigenvalue weighted by Crippen LogP contribution is -2.29. The fraction of sp³-hybridized carbons (Fsp3) is 0.0500. The molecule has 2 aromatic carbocycles. The van der Waals surface area contributed by atoms with E-state index < -0.39 is 0 Å². The molecule has 0 saturated carbocycles. The largest absolute Gasteiger partial charge is 0.493 e. The van der Waals surface area contributed by atoms with Crippen LogP contribution in [-0.2, 0) is 11.3 Å². The fourth-order valence-corrected chi connectivity index (χ4v) is 4.03. The number of amides is 1. The Balaban J connectivity index is 1.75. The number of carbonyl (C=O) groups excluding carboxylic acids is 1. The summed E-state index contributed by atoms with van der Waals surface area (Å²) in [6, 6.07) is 17.2. The molecule has 1 amide bonds. The van der Waals surface area contributed by atoms with E-state index in [9.17, 15) is 9.90 Å². The highest BCUT2D eigenvalue weighted by Gasteiger charge is 2.15. The highest BCUT2D eigenvalue weighted by Crippen LogP contribution is 2.29. The number of hydrogen-bond acceptors (Lipinski definition) is 4. The lowest BCUT2D eigenvalue weighted by atomic mass is 10.1. The predicted octanol–water partition coefficient (Wildman–Crippen LogP) is 3.06. The zero-order valence-corrected chi connectivity index (χ0v) is 15.3. The van der Waals surface area contributed by atoms with Crippen LogP contribution in [0.3, 0.4) is 0 Å². The summed E-state index contributed by atoms with van der Waals surface area (Å²) in [5.41, 5.74) is 1.47. The van der Waals surface area contributed by atoms with Crippen LogP contribution in [0.4, 0.5) is 0 Å². The van der Waals surface area contributed by atoms with Crippen molar-refractivity contribution in [1.82, 2.24) is 4.57 Å². The lowest BCUT2D eigenvalue weighted by Gasteiger charge is -2.05. The second-order valence-electron chi connectivity index (χ2n) is 5.85. The standard InChI is InChI=1S/C20H14N2O2S2/c23-18-15(10-14-8-4-5-9-16(14)21-18)11-17-19(24)22(20(25)26-17)12-13-6-2-1-3-7-13/h1-11,24H,12H2. The molecule has 128 valence electrons. The van der Waals surface area contributed by atoms with Gasteiger partial charge in [0.05, 0.1) is 16.8 Å². The first-order valence-corrected chi connectivity index (χ1v) is 9.22. The second-order valence-corrected chi connectivity index (χ2v) is 7.52. The first kappa shape index (κ1) is 16.6. The van der Waals surface area contributed by atoms with Gasteiger partial charge in [-0.3, -0.25) is 9.36 Å². The number of thiazole rings is 1. The topological polar surface area (TPSA) is 54.6 Å². The van der Waals surface area contributed by atoms with Crippen molar-refractivity contribution in [1.29, 1.82) is 0 Å².